The monoisotopic (exact) mass is 307 g/mol. The molecule has 0 amide bonds. The third-order valence-corrected chi connectivity index (χ3v) is 3.58. The molecule has 0 unspecified atom stereocenters. The van der Waals surface area contributed by atoms with Crippen molar-refractivity contribution in [1.29, 1.82) is 0 Å². The van der Waals surface area contributed by atoms with Gasteiger partial charge in [-0.3, -0.25) is 0 Å². The van der Waals surface area contributed by atoms with Crippen LogP contribution in [-0.4, -0.2) is 24.7 Å². The van der Waals surface area contributed by atoms with E-state index in [4.69, 9.17) is 21.1 Å². The number of ether oxygens (including phenoxy) is 2. The Labute approximate surface area is 129 Å². The lowest BCUT2D eigenvalue weighted by Gasteiger charge is -2.10. The standard InChI is InChI=1S/C16H18ClNO3/c1-4-10-9-18-15(16(19)21-5-2)14(10)12-7-6-11(20-3)8-13(12)17/h6-9,18H,4-5H2,1-3H3. The lowest BCUT2D eigenvalue weighted by molar-refractivity contribution is 0.0521. The zero-order valence-corrected chi connectivity index (χ0v) is 13.1. The molecule has 2 aromatic rings. The zero-order valence-electron chi connectivity index (χ0n) is 12.3. The van der Waals surface area contributed by atoms with Gasteiger partial charge >= 0.3 is 5.97 Å². The van der Waals surface area contributed by atoms with Gasteiger partial charge in [0.05, 0.1) is 18.7 Å². The molecule has 1 N–H and O–H groups in total. The molecule has 1 aromatic carbocycles. The molecule has 0 aliphatic heterocycles. The molecule has 112 valence electrons. The summed E-state index contributed by atoms with van der Waals surface area (Å²) in [6, 6.07) is 5.41. The quantitative estimate of drug-likeness (QED) is 0.847. The minimum absolute atomic E-state index is 0.328. The minimum Gasteiger partial charge on any atom is -0.497 e. The molecule has 5 heteroatoms. The van der Waals surface area contributed by atoms with Gasteiger partial charge in [-0.15, -0.1) is 0 Å². The second-order valence-corrected chi connectivity index (χ2v) is 4.89. The Bertz CT molecular complexity index is 649. The third kappa shape index (κ3) is 3.05. The fourth-order valence-electron chi connectivity index (χ4n) is 2.24. The number of carbonyl (C=O) groups is 1. The molecule has 4 nitrogen and oxygen atoms in total. The molecule has 0 atom stereocenters. The summed E-state index contributed by atoms with van der Waals surface area (Å²) in [6.45, 7) is 4.13. The normalized spacial score (nSPS) is 10.5. The van der Waals surface area contributed by atoms with Crippen LogP contribution in [0.25, 0.3) is 11.1 Å². The van der Waals surface area contributed by atoms with Crippen LogP contribution in [0.15, 0.2) is 24.4 Å². The summed E-state index contributed by atoms with van der Waals surface area (Å²) in [6.07, 6.45) is 2.61. The van der Waals surface area contributed by atoms with E-state index < -0.39 is 0 Å². The molecule has 0 fully saturated rings. The molecular formula is C16H18ClNO3. The Hall–Kier alpha value is -1.94. The first kappa shape index (κ1) is 15.4. The number of aromatic nitrogens is 1. The summed E-state index contributed by atoms with van der Waals surface area (Å²) in [7, 11) is 1.59. The summed E-state index contributed by atoms with van der Waals surface area (Å²) in [5.74, 6) is 0.300. The smallest absolute Gasteiger partial charge is 0.355 e. The van der Waals surface area contributed by atoms with Gasteiger partial charge in [-0.2, -0.15) is 0 Å². The van der Waals surface area contributed by atoms with Crippen LogP contribution >= 0.6 is 11.6 Å². The van der Waals surface area contributed by atoms with Crippen LogP contribution in [0.4, 0.5) is 0 Å². The average Bonchev–Trinajstić information content (AvgIpc) is 2.91. The Morgan fingerprint density at radius 1 is 1.33 bits per heavy atom. The van der Waals surface area contributed by atoms with Crippen LogP contribution in [0, 0.1) is 0 Å². The van der Waals surface area contributed by atoms with E-state index in [9.17, 15) is 4.79 Å². The first-order valence-electron chi connectivity index (χ1n) is 6.83. The van der Waals surface area contributed by atoms with Crippen molar-refractivity contribution in [3.63, 3.8) is 0 Å². The minimum atomic E-state index is -0.376. The van der Waals surface area contributed by atoms with Crippen molar-refractivity contribution in [2.24, 2.45) is 0 Å². The number of carbonyl (C=O) groups excluding carboxylic acids is 1. The highest BCUT2D eigenvalue weighted by Crippen LogP contribution is 2.36. The van der Waals surface area contributed by atoms with Gasteiger partial charge in [-0.1, -0.05) is 18.5 Å². The summed E-state index contributed by atoms with van der Waals surface area (Å²) in [5, 5.41) is 0.536. The molecule has 1 aromatic heterocycles. The molecule has 0 saturated carbocycles. The number of benzene rings is 1. The van der Waals surface area contributed by atoms with E-state index in [2.05, 4.69) is 4.98 Å². The summed E-state index contributed by atoms with van der Waals surface area (Å²) >= 11 is 6.34. The van der Waals surface area contributed by atoms with E-state index in [0.29, 0.717) is 23.1 Å². The van der Waals surface area contributed by atoms with Crippen LogP contribution in [-0.2, 0) is 11.2 Å². The number of halogens is 1. The Kier molecular flexibility index (Phi) is 4.91. The van der Waals surface area contributed by atoms with Crippen molar-refractivity contribution in [2.45, 2.75) is 20.3 Å². The number of aryl methyl sites for hydroxylation is 1. The van der Waals surface area contributed by atoms with Crippen molar-refractivity contribution in [3.05, 3.63) is 40.7 Å². The third-order valence-electron chi connectivity index (χ3n) is 3.27. The van der Waals surface area contributed by atoms with Crippen molar-refractivity contribution in [1.82, 2.24) is 4.98 Å². The Balaban J connectivity index is 2.56. The number of methoxy groups -OCH3 is 1. The molecule has 0 spiro atoms. The maximum absolute atomic E-state index is 12.1. The largest absolute Gasteiger partial charge is 0.497 e. The van der Waals surface area contributed by atoms with E-state index in [-0.39, 0.29) is 5.97 Å². The summed E-state index contributed by atoms with van der Waals surface area (Å²) in [5.41, 5.74) is 3.04. The fourth-order valence-corrected chi connectivity index (χ4v) is 2.51. The van der Waals surface area contributed by atoms with Crippen LogP contribution < -0.4 is 4.74 Å². The number of hydrogen-bond acceptors (Lipinski definition) is 3. The molecule has 2 rings (SSSR count). The van der Waals surface area contributed by atoms with E-state index in [1.54, 1.807) is 20.1 Å². The fraction of sp³-hybridized carbons (Fsp3) is 0.312. The first-order chi connectivity index (χ1) is 10.1. The van der Waals surface area contributed by atoms with Crippen molar-refractivity contribution >= 4 is 17.6 Å². The topological polar surface area (TPSA) is 51.3 Å². The second-order valence-electron chi connectivity index (χ2n) is 4.48. The highest BCUT2D eigenvalue weighted by atomic mass is 35.5. The number of esters is 1. The number of aromatic amines is 1. The molecule has 0 radical (unpaired) electrons. The highest BCUT2D eigenvalue weighted by molar-refractivity contribution is 6.33. The Morgan fingerprint density at radius 2 is 2.10 bits per heavy atom. The number of hydrogen-bond donors (Lipinski definition) is 1. The van der Waals surface area contributed by atoms with Gasteiger partial charge in [0.15, 0.2) is 0 Å². The van der Waals surface area contributed by atoms with Crippen LogP contribution in [0.1, 0.15) is 29.9 Å². The number of rotatable bonds is 5. The summed E-state index contributed by atoms with van der Waals surface area (Å²) in [4.78, 5) is 15.1. The molecular weight excluding hydrogens is 290 g/mol. The molecule has 0 bridgehead atoms. The van der Waals surface area contributed by atoms with Gasteiger partial charge in [0.1, 0.15) is 11.4 Å². The van der Waals surface area contributed by atoms with E-state index in [1.807, 2.05) is 25.3 Å². The van der Waals surface area contributed by atoms with Crippen LogP contribution in [0.2, 0.25) is 5.02 Å². The number of H-pyrrole nitrogens is 1. The maximum atomic E-state index is 12.1. The number of nitrogens with one attached hydrogen (secondary N) is 1. The second kappa shape index (κ2) is 6.68. The van der Waals surface area contributed by atoms with Crippen molar-refractivity contribution in [3.8, 4) is 16.9 Å². The van der Waals surface area contributed by atoms with Gasteiger partial charge in [0, 0.05) is 17.3 Å². The lowest BCUT2D eigenvalue weighted by Crippen LogP contribution is -2.07. The molecule has 0 saturated heterocycles. The van der Waals surface area contributed by atoms with E-state index in [0.717, 1.165) is 23.1 Å². The van der Waals surface area contributed by atoms with E-state index >= 15 is 0 Å². The predicted octanol–water partition coefficient (Wildman–Crippen LogP) is 4.08. The SMILES string of the molecule is CCOC(=O)c1[nH]cc(CC)c1-c1ccc(OC)cc1Cl. The highest BCUT2D eigenvalue weighted by Gasteiger charge is 2.21. The molecule has 0 aliphatic carbocycles. The zero-order chi connectivity index (χ0) is 15.4. The lowest BCUT2D eigenvalue weighted by atomic mass is 10.00. The van der Waals surface area contributed by atoms with Gasteiger partial charge in [-0.25, -0.2) is 4.79 Å². The van der Waals surface area contributed by atoms with Gasteiger partial charge in [0.25, 0.3) is 0 Å². The average molecular weight is 308 g/mol. The van der Waals surface area contributed by atoms with Crippen LogP contribution in [0.3, 0.4) is 0 Å². The molecule has 21 heavy (non-hydrogen) atoms. The van der Waals surface area contributed by atoms with Crippen molar-refractivity contribution < 1.29 is 14.3 Å². The van der Waals surface area contributed by atoms with Gasteiger partial charge in [0.2, 0.25) is 0 Å². The van der Waals surface area contributed by atoms with Gasteiger partial charge < -0.3 is 14.5 Å². The predicted molar refractivity (Wildman–Crippen MR) is 83.1 cm³/mol. The molecule has 1 heterocycles. The van der Waals surface area contributed by atoms with Crippen molar-refractivity contribution in [2.75, 3.05) is 13.7 Å². The summed E-state index contributed by atoms with van der Waals surface area (Å²) < 4.78 is 10.3. The first-order valence-corrected chi connectivity index (χ1v) is 7.21. The Morgan fingerprint density at radius 3 is 2.67 bits per heavy atom. The molecule has 0 aliphatic rings. The maximum Gasteiger partial charge on any atom is 0.355 e. The van der Waals surface area contributed by atoms with Crippen LogP contribution in [0.5, 0.6) is 5.75 Å². The van der Waals surface area contributed by atoms with E-state index in [1.165, 1.54) is 0 Å². The van der Waals surface area contributed by atoms with Gasteiger partial charge in [-0.05, 0) is 37.1 Å².